The molecule has 232 valence electrons. The maximum atomic E-state index is 7.31. The van der Waals surface area contributed by atoms with Crippen molar-refractivity contribution in [3.8, 4) is 44.5 Å². The van der Waals surface area contributed by atoms with Crippen molar-refractivity contribution in [1.82, 2.24) is 0 Å². The average Bonchev–Trinajstić information content (AvgIpc) is 3.57. The molecule has 4 nitrogen and oxygen atoms in total. The molecule has 0 bridgehead atoms. The van der Waals surface area contributed by atoms with Crippen molar-refractivity contribution in [2.75, 3.05) is 22.9 Å². The molecule has 0 aromatic heterocycles. The van der Waals surface area contributed by atoms with Gasteiger partial charge in [-0.15, -0.1) is 0 Å². The van der Waals surface area contributed by atoms with Crippen LogP contribution in [0, 0.1) is 0 Å². The van der Waals surface area contributed by atoms with Crippen LogP contribution in [0.1, 0.15) is 22.3 Å². The maximum Gasteiger partial charge on any atom is 0.0725 e. The second-order valence-corrected chi connectivity index (χ2v) is 13.4. The fourth-order valence-electron chi connectivity index (χ4n) is 8.84. The summed E-state index contributed by atoms with van der Waals surface area (Å²) in [4.78, 5) is 0. The zero-order chi connectivity index (χ0) is 33.0. The van der Waals surface area contributed by atoms with E-state index in [0.717, 1.165) is 66.3 Å². The Balaban J connectivity index is 1.27. The van der Waals surface area contributed by atoms with Crippen LogP contribution in [0.3, 0.4) is 0 Å². The molecule has 0 heterocycles. The summed E-state index contributed by atoms with van der Waals surface area (Å²) in [6, 6.07) is 51.3. The van der Waals surface area contributed by atoms with Gasteiger partial charge in [0.05, 0.1) is 5.41 Å². The largest absolute Gasteiger partial charge is 0.399 e. The van der Waals surface area contributed by atoms with Gasteiger partial charge in [-0.3, -0.25) is 0 Å². The molecular weight excluding hydrogens is 597 g/mol. The van der Waals surface area contributed by atoms with Crippen LogP contribution in [0.5, 0.6) is 0 Å². The minimum Gasteiger partial charge on any atom is -0.399 e. The van der Waals surface area contributed by atoms with Crippen molar-refractivity contribution in [3.63, 3.8) is 0 Å². The highest BCUT2D eigenvalue weighted by molar-refractivity contribution is 6.16. The first kappa shape index (κ1) is 27.6. The summed E-state index contributed by atoms with van der Waals surface area (Å²) < 4.78 is 0. The topological polar surface area (TPSA) is 104 Å². The van der Waals surface area contributed by atoms with Crippen LogP contribution >= 0.6 is 0 Å². The monoisotopic (exact) mass is 628 g/mol. The molecule has 1 unspecified atom stereocenters. The SMILES string of the molecule is Nc1ccc2c(c1)-c1ccccc1C21c2ccc(N)cc2-c2cc(-c3cc4ccccc4c(-c4c(N)ccc5ccccc45)c3N)ccc21. The van der Waals surface area contributed by atoms with Gasteiger partial charge < -0.3 is 22.9 Å². The number of fused-ring (bicyclic) bond motifs is 12. The highest BCUT2D eigenvalue weighted by Gasteiger charge is 2.51. The molecule has 8 aromatic carbocycles. The molecule has 10 rings (SSSR count). The summed E-state index contributed by atoms with van der Waals surface area (Å²) in [5, 5.41) is 4.38. The summed E-state index contributed by atoms with van der Waals surface area (Å²) in [5.74, 6) is 0. The lowest BCUT2D eigenvalue weighted by Crippen LogP contribution is -2.25. The predicted octanol–water partition coefficient (Wildman–Crippen LogP) is 10.00. The van der Waals surface area contributed by atoms with Crippen molar-refractivity contribution in [2.24, 2.45) is 0 Å². The van der Waals surface area contributed by atoms with Crippen LogP contribution in [-0.4, -0.2) is 0 Å². The summed E-state index contributed by atoms with van der Waals surface area (Å²) >= 11 is 0. The van der Waals surface area contributed by atoms with E-state index in [0.29, 0.717) is 11.4 Å². The number of hydrogen-bond acceptors (Lipinski definition) is 4. The standard InChI is InChI=1S/C45H32N4/c46-28-15-18-39-35(23-28)32-11-5-6-12-37(32)45(39)38-17-13-27(22-34(38)36-24-29(47)16-19-40(36)45)33-21-26-8-2-4-10-31(26)43(44(33)49)42-30-9-3-1-7-25(30)14-20-41(42)48/h1-24H,46-49H2. The summed E-state index contributed by atoms with van der Waals surface area (Å²) in [5.41, 5.74) is 42.9. The summed E-state index contributed by atoms with van der Waals surface area (Å²) in [6.45, 7) is 0. The molecule has 8 aromatic rings. The number of rotatable bonds is 2. The van der Waals surface area contributed by atoms with E-state index in [1.165, 1.54) is 33.4 Å². The molecule has 4 heteroatoms. The Labute approximate surface area is 284 Å². The quantitative estimate of drug-likeness (QED) is 0.143. The highest BCUT2D eigenvalue weighted by Crippen LogP contribution is 2.63. The molecule has 0 aliphatic heterocycles. The predicted molar refractivity (Wildman–Crippen MR) is 206 cm³/mol. The van der Waals surface area contributed by atoms with Crippen molar-refractivity contribution < 1.29 is 0 Å². The van der Waals surface area contributed by atoms with E-state index < -0.39 is 5.41 Å². The normalized spacial score (nSPS) is 15.3. The second kappa shape index (κ2) is 9.75. The molecular formula is C45H32N4. The molecule has 0 saturated carbocycles. The second-order valence-electron chi connectivity index (χ2n) is 13.4. The first-order valence-electron chi connectivity index (χ1n) is 16.6. The van der Waals surface area contributed by atoms with Crippen molar-refractivity contribution in [2.45, 2.75) is 5.41 Å². The van der Waals surface area contributed by atoms with Gasteiger partial charge in [0.25, 0.3) is 0 Å². The van der Waals surface area contributed by atoms with Gasteiger partial charge in [-0.25, -0.2) is 0 Å². The van der Waals surface area contributed by atoms with E-state index in [1.807, 2.05) is 18.2 Å². The first-order chi connectivity index (χ1) is 23.9. The van der Waals surface area contributed by atoms with Crippen molar-refractivity contribution in [3.05, 3.63) is 168 Å². The Morgan fingerprint density at radius 2 is 0.918 bits per heavy atom. The Morgan fingerprint density at radius 3 is 1.65 bits per heavy atom. The molecule has 2 aliphatic rings. The van der Waals surface area contributed by atoms with Crippen LogP contribution in [0.25, 0.3) is 66.1 Å². The van der Waals surface area contributed by atoms with Gasteiger partial charge in [0.1, 0.15) is 0 Å². The lowest BCUT2D eigenvalue weighted by molar-refractivity contribution is 0.794. The third kappa shape index (κ3) is 3.58. The zero-order valence-electron chi connectivity index (χ0n) is 26.7. The van der Waals surface area contributed by atoms with Gasteiger partial charge in [0, 0.05) is 39.4 Å². The molecule has 0 saturated heterocycles. The van der Waals surface area contributed by atoms with Crippen molar-refractivity contribution >= 4 is 44.3 Å². The fraction of sp³-hybridized carbons (Fsp3) is 0.0222. The van der Waals surface area contributed by atoms with Crippen LogP contribution in [-0.2, 0) is 5.41 Å². The van der Waals surface area contributed by atoms with Gasteiger partial charge in [0.2, 0.25) is 0 Å². The average molecular weight is 629 g/mol. The molecule has 1 atom stereocenters. The molecule has 49 heavy (non-hydrogen) atoms. The summed E-state index contributed by atoms with van der Waals surface area (Å²) in [6.07, 6.45) is 0. The van der Waals surface area contributed by atoms with E-state index in [9.17, 15) is 0 Å². The molecule has 0 amide bonds. The molecule has 0 fully saturated rings. The molecule has 1 spiro atoms. The third-order valence-corrected chi connectivity index (χ3v) is 10.8. The van der Waals surface area contributed by atoms with Gasteiger partial charge in [-0.2, -0.15) is 0 Å². The number of nitrogens with two attached hydrogens (primary N) is 4. The minimum atomic E-state index is -0.492. The summed E-state index contributed by atoms with van der Waals surface area (Å²) in [7, 11) is 0. The van der Waals surface area contributed by atoms with E-state index >= 15 is 0 Å². The van der Waals surface area contributed by atoms with E-state index in [2.05, 4.69) is 127 Å². The smallest absolute Gasteiger partial charge is 0.0725 e. The van der Waals surface area contributed by atoms with E-state index in [1.54, 1.807) is 0 Å². The Morgan fingerprint density at radius 1 is 0.367 bits per heavy atom. The lowest BCUT2D eigenvalue weighted by atomic mass is 9.70. The third-order valence-electron chi connectivity index (χ3n) is 10.8. The molecule has 0 radical (unpaired) electrons. The Kier molecular flexibility index (Phi) is 5.49. The minimum absolute atomic E-state index is 0.492. The van der Waals surface area contributed by atoms with Gasteiger partial charge in [-0.1, -0.05) is 103 Å². The zero-order valence-corrected chi connectivity index (χ0v) is 26.7. The lowest BCUT2D eigenvalue weighted by Gasteiger charge is -2.30. The number of hydrogen-bond donors (Lipinski definition) is 4. The van der Waals surface area contributed by atoms with Crippen LogP contribution < -0.4 is 22.9 Å². The van der Waals surface area contributed by atoms with Crippen molar-refractivity contribution in [1.29, 1.82) is 0 Å². The van der Waals surface area contributed by atoms with Crippen LogP contribution in [0.4, 0.5) is 22.7 Å². The molecule has 8 N–H and O–H groups in total. The number of benzene rings is 8. The highest BCUT2D eigenvalue weighted by atomic mass is 14.6. The van der Waals surface area contributed by atoms with Crippen LogP contribution in [0.2, 0.25) is 0 Å². The number of nitrogen functional groups attached to an aromatic ring is 4. The van der Waals surface area contributed by atoms with Gasteiger partial charge in [0.15, 0.2) is 0 Å². The van der Waals surface area contributed by atoms with Gasteiger partial charge in [-0.05, 0) is 114 Å². The first-order valence-corrected chi connectivity index (χ1v) is 16.6. The van der Waals surface area contributed by atoms with E-state index in [4.69, 9.17) is 22.9 Å². The van der Waals surface area contributed by atoms with Crippen LogP contribution in [0.15, 0.2) is 146 Å². The van der Waals surface area contributed by atoms with Gasteiger partial charge >= 0.3 is 0 Å². The Hall–Kier alpha value is -6.52. The molecule has 2 aliphatic carbocycles. The van der Waals surface area contributed by atoms with E-state index in [-0.39, 0.29) is 0 Å². The number of anilines is 4. The Bertz CT molecular complexity index is 2720. The maximum absolute atomic E-state index is 7.31. The fourth-order valence-corrected chi connectivity index (χ4v) is 8.84.